The predicted octanol–water partition coefficient (Wildman–Crippen LogP) is 3.66. The summed E-state index contributed by atoms with van der Waals surface area (Å²) in [6.07, 6.45) is 0. The first-order chi connectivity index (χ1) is 9.70. The highest BCUT2D eigenvalue weighted by atomic mass is 32.1. The lowest BCUT2D eigenvalue weighted by Crippen LogP contribution is -2.11. The van der Waals surface area contributed by atoms with E-state index in [4.69, 9.17) is 10.5 Å². The van der Waals surface area contributed by atoms with E-state index in [9.17, 15) is 0 Å². The number of aromatic nitrogens is 1. The van der Waals surface area contributed by atoms with Gasteiger partial charge < -0.3 is 15.4 Å². The summed E-state index contributed by atoms with van der Waals surface area (Å²) < 4.78 is 6.36. The first-order valence-corrected chi connectivity index (χ1v) is 7.08. The SMILES string of the molecule is COc1cccc(N(C)c2ccc3scnc3c2N)c1. The molecule has 3 aromatic rings. The van der Waals surface area contributed by atoms with Gasteiger partial charge in [-0.1, -0.05) is 6.07 Å². The lowest BCUT2D eigenvalue weighted by molar-refractivity contribution is 0.415. The van der Waals surface area contributed by atoms with Crippen molar-refractivity contribution < 1.29 is 4.74 Å². The topological polar surface area (TPSA) is 51.4 Å². The van der Waals surface area contributed by atoms with E-state index in [2.05, 4.69) is 11.1 Å². The van der Waals surface area contributed by atoms with Crippen molar-refractivity contribution in [2.75, 3.05) is 24.8 Å². The van der Waals surface area contributed by atoms with E-state index in [1.165, 1.54) is 0 Å². The summed E-state index contributed by atoms with van der Waals surface area (Å²) in [6, 6.07) is 12.0. The molecule has 20 heavy (non-hydrogen) atoms. The number of nitrogens with two attached hydrogens (primary N) is 1. The second kappa shape index (κ2) is 5.02. The van der Waals surface area contributed by atoms with Gasteiger partial charge in [-0.2, -0.15) is 0 Å². The van der Waals surface area contributed by atoms with E-state index < -0.39 is 0 Å². The monoisotopic (exact) mass is 285 g/mol. The fourth-order valence-electron chi connectivity index (χ4n) is 2.19. The van der Waals surface area contributed by atoms with Gasteiger partial charge in [0.25, 0.3) is 0 Å². The summed E-state index contributed by atoms with van der Waals surface area (Å²) in [6.45, 7) is 0. The summed E-state index contributed by atoms with van der Waals surface area (Å²) in [7, 11) is 3.65. The zero-order valence-electron chi connectivity index (χ0n) is 11.3. The maximum atomic E-state index is 6.24. The van der Waals surface area contributed by atoms with Crippen LogP contribution in [-0.2, 0) is 0 Å². The summed E-state index contributed by atoms with van der Waals surface area (Å²) in [5.41, 5.74) is 11.6. The summed E-state index contributed by atoms with van der Waals surface area (Å²) in [5.74, 6) is 0.822. The molecule has 0 saturated heterocycles. The molecule has 0 unspecified atom stereocenters. The second-order valence-corrected chi connectivity index (χ2v) is 5.34. The number of nitrogen functional groups attached to an aromatic ring is 1. The van der Waals surface area contributed by atoms with Crippen molar-refractivity contribution in [3.8, 4) is 5.75 Å². The molecule has 4 nitrogen and oxygen atoms in total. The number of methoxy groups -OCH3 is 1. The maximum Gasteiger partial charge on any atom is 0.120 e. The fourth-order valence-corrected chi connectivity index (χ4v) is 2.88. The third kappa shape index (κ3) is 2.06. The fraction of sp³-hybridized carbons (Fsp3) is 0.133. The van der Waals surface area contributed by atoms with Crippen LogP contribution in [0.1, 0.15) is 0 Å². The largest absolute Gasteiger partial charge is 0.497 e. The summed E-state index contributed by atoms with van der Waals surface area (Å²) in [5, 5.41) is 0. The van der Waals surface area contributed by atoms with Crippen molar-refractivity contribution in [3.63, 3.8) is 0 Å². The zero-order valence-corrected chi connectivity index (χ0v) is 12.1. The van der Waals surface area contributed by atoms with Gasteiger partial charge in [0.05, 0.1) is 28.7 Å². The van der Waals surface area contributed by atoms with Gasteiger partial charge in [0, 0.05) is 18.8 Å². The van der Waals surface area contributed by atoms with Crippen molar-refractivity contribution >= 4 is 38.6 Å². The van der Waals surface area contributed by atoms with Gasteiger partial charge in [-0.05, 0) is 24.3 Å². The molecular weight excluding hydrogens is 270 g/mol. The molecule has 0 spiro atoms. The maximum absolute atomic E-state index is 6.24. The van der Waals surface area contributed by atoms with Crippen LogP contribution in [0.5, 0.6) is 5.75 Å². The number of hydrogen-bond acceptors (Lipinski definition) is 5. The van der Waals surface area contributed by atoms with E-state index in [1.807, 2.05) is 47.8 Å². The van der Waals surface area contributed by atoms with Crippen molar-refractivity contribution in [2.24, 2.45) is 0 Å². The van der Waals surface area contributed by atoms with Crippen LogP contribution in [0.2, 0.25) is 0 Å². The van der Waals surface area contributed by atoms with E-state index in [1.54, 1.807) is 18.4 Å². The predicted molar refractivity (Wildman–Crippen MR) is 85.1 cm³/mol. The Bertz CT molecular complexity index is 754. The number of anilines is 3. The van der Waals surface area contributed by atoms with E-state index >= 15 is 0 Å². The average molecular weight is 285 g/mol. The van der Waals surface area contributed by atoms with Gasteiger partial charge in [-0.15, -0.1) is 11.3 Å². The molecular formula is C15H15N3OS. The minimum atomic E-state index is 0.703. The molecule has 2 N–H and O–H groups in total. The molecule has 0 aliphatic heterocycles. The smallest absolute Gasteiger partial charge is 0.120 e. The molecule has 1 aromatic heterocycles. The van der Waals surface area contributed by atoms with Gasteiger partial charge in [0.1, 0.15) is 11.3 Å². The second-order valence-electron chi connectivity index (χ2n) is 4.46. The Morgan fingerprint density at radius 2 is 2.10 bits per heavy atom. The first kappa shape index (κ1) is 12.7. The minimum absolute atomic E-state index is 0.703. The number of fused-ring (bicyclic) bond motifs is 1. The molecule has 0 bridgehead atoms. The van der Waals surface area contributed by atoms with Gasteiger partial charge >= 0.3 is 0 Å². The molecule has 3 rings (SSSR count). The quantitative estimate of drug-likeness (QED) is 0.746. The van der Waals surface area contributed by atoms with Gasteiger partial charge in [0.15, 0.2) is 0 Å². The Morgan fingerprint density at radius 3 is 2.90 bits per heavy atom. The van der Waals surface area contributed by atoms with Crippen LogP contribution in [0.3, 0.4) is 0 Å². The molecule has 1 heterocycles. The lowest BCUT2D eigenvalue weighted by atomic mass is 10.2. The molecule has 0 atom stereocenters. The van der Waals surface area contributed by atoms with Crippen LogP contribution in [0.4, 0.5) is 17.1 Å². The Kier molecular flexibility index (Phi) is 3.20. The highest BCUT2D eigenvalue weighted by Crippen LogP contribution is 2.35. The molecule has 102 valence electrons. The molecule has 0 aliphatic rings. The number of rotatable bonds is 3. The number of nitrogens with zero attached hydrogens (tertiary/aromatic N) is 2. The van der Waals surface area contributed by atoms with Crippen LogP contribution in [0, 0.1) is 0 Å². The van der Waals surface area contributed by atoms with Crippen molar-refractivity contribution in [1.29, 1.82) is 0 Å². The van der Waals surface area contributed by atoms with Gasteiger partial charge in [-0.3, -0.25) is 0 Å². The van der Waals surface area contributed by atoms with Gasteiger partial charge in [-0.25, -0.2) is 4.98 Å². The third-order valence-corrected chi connectivity index (χ3v) is 4.11. The highest BCUT2D eigenvalue weighted by molar-refractivity contribution is 7.16. The molecule has 0 saturated carbocycles. The van der Waals surface area contributed by atoms with Gasteiger partial charge in [0.2, 0.25) is 0 Å². The number of thiazole rings is 1. The molecule has 0 fully saturated rings. The zero-order chi connectivity index (χ0) is 14.1. The third-order valence-electron chi connectivity index (χ3n) is 3.32. The molecule has 5 heteroatoms. The number of ether oxygens (including phenoxy) is 1. The molecule has 2 aromatic carbocycles. The normalized spacial score (nSPS) is 10.7. The van der Waals surface area contributed by atoms with Crippen molar-refractivity contribution in [3.05, 3.63) is 41.9 Å². The average Bonchev–Trinajstić information content (AvgIpc) is 2.96. The number of benzene rings is 2. The minimum Gasteiger partial charge on any atom is -0.497 e. The molecule has 0 amide bonds. The Balaban J connectivity index is 2.07. The van der Waals surface area contributed by atoms with Crippen LogP contribution < -0.4 is 15.4 Å². The van der Waals surface area contributed by atoms with Crippen LogP contribution in [0.25, 0.3) is 10.2 Å². The van der Waals surface area contributed by atoms with Crippen LogP contribution in [-0.4, -0.2) is 19.1 Å². The van der Waals surface area contributed by atoms with E-state index in [-0.39, 0.29) is 0 Å². The van der Waals surface area contributed by atoms with Crippen molar-refractivity contribution in [1.82, 2.24) is 4.98 Å². The molecule has 0 radical (unpaired) electrons. The van der Waals surface area contributed by atoms with Crippen LogP contribution in [0.15, 0.2) is 41.9 Å². The van der Waals surface area contributed by atoms with E-state index in [0.717, 1.165) is 27.3 Å². The van der Waals surface area contributed by atoms with Crippen LogP contribution >= 0.6 is 11.3 Å². The number of hydrogen-bond donors (Lipinski definition) is 1. The Hall–Kier alpha value is -2.27. The summed E-state index contributed by atoms with van der Waals surface area (Å²) in [4.78, 5) is 6.37. The van der Waals surface area contributed by atoms with Crippen molar-refractivity contribution in [2.45, 2.75) is 0 Å². The highest BCUT2D eigenvalue weighted by Gasteiger charge is 2.12. The summed E-state index contributed by atoms with van der Waals surface area (Å²) >= 11 is 1.59. The van der Waals surface area contributed by atoms with E-state index in [0.29, 0.717) is 5.69 Å². The Labute approximate surface area is 121 Å². The first-order valence-electron chi connectivity index (χ1n) is 6.20. The standard InChI is InChI=1S/C15H15N3OS/c1-18(10-4-3-5-11(8-10)19-2)12-6-7-13-15(14(12)16)17-9-20-13/h3-9H,16H2,1-2H3. The molecule has 0 aliphatic carbocycles. The lowest BCUT2D eigenvalue weighted by Gasteiger charge is -2.21. The Morgan fingerprint density at radius 1 is 1.25 bits per heavy atom.